The average Bonchev–Trinajstić information content (AvgIpc) is 3.19. The Kier molecular flexibility index (Phi) is 23.5. The number of nitrogens with zero attached hydrogens (tertiary/aromatic N) is 8. The summed E-state index contributed by atoms with van der Waals surface area (Å²) >= 11 is 0.556. The first-order chi connectivity index (χ1) is 28.9. The molecular formula is C32H31FN12Na3O12S4+. The van der Waals surface area contributed by atoms with Gasteiger partial charge in [0.1, 0.15) is 32.9 Å². The second-order valence-corrected chi connectivity index (χ2v) is 17.4. The third-order valence-electron chi connectivity index (χ3n) is 7.73. The molecule has 5 rings (SSSR count). The van der Waals surface area contributed by atoms with Crippen molar-refractivity contribution in [2.75, 3.05) is 55.6 Å². The van der Waals surface area contributed by atoms with E-state index in [1.165, 1.54) is 42.5 Å². The van der Waals surface area contributed by atoms with Gasteiger partial charge in [-0.2, -0.15) is 28.8 Å². The molecule has 1 aromatic heterocycles. The molecule has 1 heterocycles. The first-order valence-electron chi connectivity index (χ1n) is 16.6. The molecular weight excluding hydrogens is 961 g/mol. The molecule has 4 aromatic carbocycles. The Bertz CT molecular complexity index is 2640. The minimum absolute atomic E-state index is 0. The number of nitrogens with two attached hydrogens (primary N) is 2. The van der Waals surface area contributed by atoms with Crippen molar-refractivity contribution in [2.24, 2.45) is 20.5 Å². The fraction of sp³-hybridized carbons (Fsp3) is 0.156. The molecule has 0 bridgehead atoms. The van der Waals surface area contributed by atoms with Gasteiger partial charge in [-0.1, -0.05) is 0 Å². The number of nitrogens with one attached hydrogen (secondary N) is 2. The summed E-state index contributed by atoms with van der Waals surface area (Å²) in [6, 6.07) is 17.1. The molecule has 0 atom stereocenters. The van der Waals surface area contributed by atoms with Crippen LogP contribution in [0.4, 0.5) is 67.5 Å². The summed E-state index contributed by atoms with van der Waals surface area (Å²) in [6.45, 7) is -0.349. The minimum Gasteiger partial charge on any atom is -0.744 e. The largest absolute Gasteiger partial charge is 1.00 e. The van der Waals surface area contributed by atoms with Crippen molar-refractivity contribution >= 4 is 107 Å². The van der Waals surface area contributed by atoms with Crippen LogP contribution in [0.2, 0.25) is 0 Å². The monoisotopic (exact) mass is 991 g/mol. The maximum atomic E-state index is 14.6. The van der Waals surface area contributed by atoms with Gasteiger partial charge in [0.25, 0.3) is 0 Å². The molecule has 0 saturated carbocycles. The van der Waals surface area contributed by atoms with Crippen LogP contribution in [0.25, 0.3) is 0 Å². The van der Waals surface area contributed by atoms with Gasteiger partial charge >= 0.3 is 94.8 Å². The molecule has 5 aromatic rings. The molecule has 0 saturated heterocycles. The quantitative estimate of drug-likeness (QED) is 0.00656. The number of hydrogen-bond donors (Lipinski definition) is 4. The van der Waals surface area contributed by atoms with Crippen LogP contribution in [0.15, 0.2) is 108 Å². The van der Waals surface area contributed by atoms with E-state index in [0.29, 0.717) is 22.2 Å². The molecule has 32 heteroatoms. The van der Waals surface area contributed by atoms with Gasteiger partial charge in [0, 0.05) is 23.5 Å². The van der Waals surface area contributed by atoms with Gasteiger partial charge in [0.15, 0.2) is 22.2 Å². The van der Waals surface area contributed by atoms with Crippen molar-refractivity contribution in [1.82, 2.24) is 19.4 Å². The van der Waals surface area contributed by atoms with Crippen molar-refractivity contribution in [2.45, 2.75) is 14.7 Å². The molecule has 324 valence electrons. The SMILES string of the molecule is C[N+](C)(C)c1ccc(Nc2nc(F)nc(Nc3ccc(SOO[O-])c(N=Nc4c(N)c(N=Nc5ccc(S(=O)(=O)CCOSOO[O-])cc5)cc(S(=O)(=O)[O-])c4N)c3)n2)cc1.[Na+].[Na+].[Na+]. The number of aromatic nitrogens is 3. The fourth-order valence-electron chi connectivity index (χ4n) is 4.83. The van der Waals surface area contributed by atoms with E-state index in [9.17, 15) is 36.3 Å². The number of rotatable bonds is 20. The van der Waals surface area contributed by atoms with Crippen LogP contribution in [-0.2, 0) is 42.9 Å². The maximum absolute atomic E-state index is 14.6. The van der Waals surface area contributed by atoms with Crippen LogP contribution >= 0.6 is 24.4 Å². The third-order valence-corrected chi connectivity index (χ3v) is 11.3. The average molecular weight is 992 g/mol. The van der Waals surface area contributed by atoms with Crippen molar-refractivity contribution in [1.29, 1.82) is 0 Å². The molecule has 24 nitrogen and oxygen atoms in total. The topological polar surface area (TPSA) is 348 Å². The number of nitrogen functional groups attached to an aromatic ring is 2. The predicted octanol–water partition coefficient (Wildman–Crippen LogP) is -4.59. The van der Waals surface area contributed by atoms with E-state index in [2.05, 4.69) is 64.8 Å². The summed E-state index contributed by atoms with van der Waals surface area (Å²) < 4.78 is 90.1. The van der Waals surface area contributed by atoms with E-state index in [4.69, 9.17) is 15.7 Å². The Labute approximate surface area is 439 Å². The molecule has 0 amide bonds. The molecule has 6 N–H and O–H groups in total. The van der Waals surface area contributed by atoms with Crippen molar-refractivity contribution in [3.8, 4) is 0 Å². The van der Waals surface area contributed by atoms with Gasteiger partial charge in [0.05, 0.1) is 77.3 Å². The summed E-state index contributed by atoms with van der Waals surface area (Å²) in [5.74, 6) is -0.853. The molecule has 0 radical (unpaired) electrons. The number of quaternary nitrogens is 1. The minimum atomic E-state index is -5.28. The second-order valence-electron chi connectivity index (χ2n) is 12.7. The summed E-state index contributed by atoms with van der Waals surface area (Å²) in [6.07, 6.45) is -1.12. The van der Waals surface area contributed by atoms with Gasteiger partial charge in [0.2, 0.25) is 11.9 Å². The van der Waals surface area contributed by atoms with Crippen LogP contribution in [-0.4, -0.2) is 69.8 Å². The van der Waals surface area contributed by atoms with Crippen molar-refractivity contribution < 1.29 is 148 Å². The Balaban J connectivity index is 0.00000469. The van der Waals surface area contributed by atoms with E-state index >= 15 is 0 Å². The van der Waals surface area contributed by atoms with Gasteiger partial charge < -0.3 is 37.2 Å². The zero-order valence-corrected chi connectivity index (χ0v) is 43.8. The van der Waals surface area contributed by atoms with Crippen LogP contribution in [0.3, 0.4) is 0 Å². The Hall–Kier alpha value is -2.54. The number of anilines is 6. The van der Waals surface area contributed by atoms with Gasteiger partial charge in [-0.3, -0.25) is 18.7 Å². The standard InChI is InChI=1S/C32H33FN12O12S4.3Na/c1-45(2,3)21-9-4-18(5-10-21)36-31-38-30(33)39-32(40-31)37-20-8-13-25(58-56-54-46)23(16-20)42-44-29-27(34)24(17-26(28(29)35)61(50,51)52)43-41-19-6-11-22(12-7-19)60(48,49)15-14-53-59-57-55-47;;;/h4-13,16-17H,14-15,34-35H2,1-3H3,(H4-,36,37,38,39,40,46,47,50,51,52);;;/q;3*+1/p-2. The van der Waals surface area contributed by atoms with Crippen LogP contribution in [0.5, 0.6) is 0 Å². The van der Waals surface area contributed by atoms with E-state index < -0.39 is 59.4 Å². The van der Waals surface area contributed by atoms with Crippen LogP contribution < -0.4 is 126 Å². The summed E-state index contributed by atoms with van der Waals surface area (Å²) in [5, 5.41) is 48.6. The Morgan fingerprint density at radius 1 is 0.750 bits per heavy atom. The number of benzene rings is 4. The summed E-state index contributed by atoms with van der Waals surface area (Å²) in [4.78, 5) is 10.6. The Morgan fingerprint density at radius 3 is 1.94 bits per heavy atom. The summed E-state index contributed by atoms with van der Waals surface area (Å²) in [7, 11) is -3.13. The zero-order chi connectivity index (χ0) is 44.4. The molecule has 0 aliphatic rings. The van der Waals surface area contributed by atoms with Crippen molar-refractivity contribution in [3.63, 3.8) is 0 Å². The number of hydrogen-bond acceptors (Lipinski definition) is 25. The van der Waals surface area contributed by atoms with Gasteiger partial charge in [-0.05, 0) is 60.7 Å². The van der Waals surface area contributed by atoms with E-state index in [1.54, 1.807) is 12.1 Å². The van der Waals surface area contributed by atoms with E-state index in [1.807, 2.05) is 33.3 Å². The predicted molar refractivity (Wildman–Crippen MR) is 213 cm³/mol. The van der Waals surface area contributed by atoms with Crippen LogP contribution in [0.1, 0.15) is 0 Å². The first kappa shape index (κ1) is 57.6. The first-order valence-corrected chi connectivity index (χ1v) is 21.1. The number of sulfone groups is 1. The molecule has 0 aliphatic heterocycles. The molecule has 0 aliphatic carbocycles. The normalized spacial score (nSPS) is 11.8. The molecule has 0 fully saturated rings. The van der Waals surface area contributed by atoms with Gasteiger partial charge in [-0.15, -0.1) is 19.7 Å². The second kappa shape index (κ2) is 26.1. The fourth-order valence-corrected chi connectivity index (χ4v) is 7.27. The number of halogens is 1. The maximum Gasteiger partial charge on any atom is 1.00 e. The van der Waals surface area contributed by atoms with Crippen molar-refractivity contribution in [3.05, 3.63) is 78.9 Å². The van der Waals surface area contributed by atoms with E-state index in [0.717, 1.165) is 11.8 Å². The van der Waals surface area contributed by atoms with Crippen LogP contribution in [0, 0.1) is 6.08 Å². The smallest absolute Gasteiger partial charge is 0.744 e. The molecule has 64 heavy (non-hydrogen) atoms. The molecule has 0 spiro atoms. The molecule has 0 unspecified atom stereocenters. The summed E-state index contributed by atoms with van der Waals surface area (Å²) in [5.41, 5.74) is 12.0. The number of azo groups is 2. The van der Waals surface area contributed by atoms with E-state index in [-0.39, 0.29) is 146 Å². The van der Waals surface area contributed by atoms with Gasteiger partial charge in [-0.25, -0.2) is 16.8 Å². The third kappa shape index (κ3) is 16.7. The Morgan fingerprint density at radius 2 is 1.34 bits per heavy atom. The zero-order valence-electron chi connectivity index (χ0n) is 34.5.